The van der Waals surface area contributed by atoms with Gasteiger partial charge in [-0.2, -0.15) is 0 Å². The molecular weight excluding hydrogens is 231 g/mol. The molecule has 0 spiro atoms. The fourth-order valence-electron chi connectivity index (χ4n) is 2.27. The van der Waals surface area contributed by atoms with Gasteiger partial charge in [-0.05, 0) is 31.7 Å². The van der Waals surface area contributed by atoms with Crippen LogP contribution in [-0.4, -0.2) is 11.1 Å². The van der Waals surface area contributed by atoms with Gasteiger partial charge in [0.15, 0.2) is 17.5 Å². The molecule has 5 heteroatoms. The minimum absolute atomic E-state index is 0.0244. The molecular formula is C12H14F3NO. The summed E-state index contributed by atoms with van der Waals surface area (Å²) in [6.07, 6.45) is 1.59. The molecule has 94 valence electrons. The largest absolute Gasteiger partial charge is 0.385 e. The molecule has 0 unspecified atom stereocenters. The summed E-state index contributed by atoms with van der Waals surface area (Å²) < 4.78 is 39.5. The highest BCUT2D eigenvalue weighted by Crippen LogP contribution is 2.38. The van der Waals surface area contributed by atoms with E-state index in [1.807, 2.05) is 0 Å². The van der Waals surface area contributed by atoms with E-state index in [9.17, 15) is 18.3 Å². The Bertz CT molecular complexity index is 428. The van der Waals surface area contributed by atoms with E-state index in [2.05, 4.69) is 0 Å². The van der Waals surface area contributed by atoms with E-state index in [4.69, 9.17) is 5.73 Å². The summed E-state index contributed by atoms with van der Waals surface area (Å²) in [6, 6.07) is 1.91. The van der Waals surface area contributed by atoms with Crippen LogP contribution in [0, 0.1) is 17.5 Å². The molecule has 0 amide bonds. The molecule has 0 bridgehead atoms. The average molecular weight is 245 g/mol. The summed E-state index contributed by atoms with van der Waals surface area (Å²) in [7, 11) is 0. The van der Waals surface area contributed by atoms with Crippen LogP contribution in [0.15, 0.2) is 12.1 Å². The molecule has 1 aliphatic carbocycles. The fourth-order valence-corrected chi connectivity index (χ4v) is 2.27. The van der Waals surface area contributed by atoms with Gasteiger partial charge in [-0.15, -0.1) is 0 Å². The minimum atomic E-state index is -1.54. The van der Waals surface area contributed by atoms with Crippen molar-refractivity contribution in [2.75, 3.05) is 0 Å². The smallest absolute Gasteiger partial charge is 0.194 e. The molecule has 3 N–H and O–H groups in total. The summed E-state index contributed by atoms with van der Waals surface area (Å²) in [6.45, 7) is 0. The molecule has 0 heterocycles. The Kier molecular flexibility index (Phi) is 3.14. The van der Waals surface area contributed by atoms with Gasteiger partial charge in [0, 0.05) is 11.6 Å². The summed E-state index contributed by atoms with van der Waals surface area (Å²) in [5, 5.41) is 10.3. The van der Waals surface area contributed by atoms with Crippen LogP contribution in [0.5, 0.6) is 0 Å². The molecule has 1 saturated carbocycles. The van der Waals surface area contributed by atoms with Crippen molar-refractivity contribution in [3.63, 3.8) is 0 Å². The number of hydrogen-bond donors (Lipinski definition) is 2. The zero-order valence-corrected chi connectivity index (χ0v) is 9.22. The molecule has 17 heavy (non-hydrogen) atoms. The topological polar surface area (TPSA) is 46.2 Å². The Balaban J connectivity index is 2.37. The van der Waals surface area contributed by atoms with E-state index >= 15 is 0 Å². The maximum absolute atomic E-state index is 13.6. The normalized spacial score (nSPS) is 29.4. The van der Waals surface area contributed by atoms with E-state index in [1.54, 1.807) is 0 Å². The van der Waals surface area contributed by atoms with Gasteiger partial charge in [-0.1, -0.05) is 6.07 Å². The van der Waals surface area contributed by atoms with Crippen molar-refractivity contribution in [1.29, 1.82) is 0 Å². The predicted molar refractivity (Wildman–Crippen MR) is 56.7 cm³/mol. The zero-order valence-electron chi connectivity index (χ0n) is 9.22. The number of aliphatic hydroxyl groups is 1. The first-order valence-corrected chi connectivity index (χ1v) is 5.56. The van der Waals surface area contributed by atoms with Crippen molar-refractivity contribution in [2.24, 2.45) is 5.73 Å². The van der Waals surface area contributed by atoms with Gasteiger partial charge in [0.1, 0.15) is 0 Å². The summed E-state index contributed by atoms with van der Waals surface area (Å²) in [5.74, 6) is -4.09. The van der Waals surface area contributed by atoms with Crippen molar-refractivity contribution in [3.05, 3.63) is 35.1 Å². The number of nitrogens with two attached hydrogens (primary N) is 1. The third-order valence-electron chi connectivity index (χ3n) is 3.39. The van der Waals surface area contributed by atoms with Gasteiger partial charge in [0.2, 0.25) is 0 Å². The van der Waals surface area contributed by atoms with Gasteiger partial charge in [0.05, 0.1) is 5.60 Å². The Morgan fingerprint density at radius 1 is 1.12 bits per heavy atom. The van der Waals surface area contributed by atoms with Crippen molar-refractivity contribution in [3.8, 4) is 0 Å². The minimum Gasteiger partial charge on any atom is -0.385 e. The van der Waals surface area contributed by atoms with Crippen LogP contribution in [0.2, 0.25) is 0 Å². The van der Waals surface area contributed by atoms with Crippen molar-refractivity contribution in [2.45, 2.75) is 37.3 Å². The second kappa shape index (κ2) is 4.31. The summed E-state index contributed by atoms with van der Waals surface area (Å²) in [5.41, 5.74) is 4.07. The molecule has 0 atom stereocenters. The van der Waals surface area contributed by atoms with Crippen LogP contribution < -0.4 is 5.73 Å². The molecule has 0 radical (unpaired) electrons. The summed E-state index contributed by atoms with van der Waals surface area (Å²) >= 11 is 0. The second-order valence-electron chi connectivity index (χ2n) is 4.59. The second-order valence-corrected chi connectivity index (χ2v) is 4.59. The predicted octanol–water partition coefficient (Wildman–Crippen LogP) is 2.19. The number of halogens is 3. The first-order valence-electron chi connectivity index (χ1n) is 5.56. The average Bonchev–Trinajstić information content (AvgIpc) is 2.30. The van der Waals surface area contributed by atoms with Crippen molar-refractivity contribution < 1.29 is 18.3 Å². The molecule has 1 fully saturated rings. The molecule has 1 aromatic carbocycles. The highest BCUT2D eigenvalue weighted by molar-refractivity contribution is 5.27. The monoisotopic (exact) mass is 245 g/mol. The lowest BCUT2D eigenvalue weighted by molar-refractivity contribution is -0.00867. The first kappa shape index (κ1) is 12.4. The van der Waals surface area contributed by atoms with Crippen LogP contribution >= 0.6 is 0 Å². The quantitative estimate of drug-likeness (QED) is 0.745. The van der Waals surface area contributed by atoms with E-state index < -0.39 is 23.1 Å². The summed E-state index contributed by atoms with van der Waals surface area (Å²) in [4.78, 5) is 0. The molecule has 2 rings (SSSR count). The molecule has 2 nitrogen and oxygen atoms in total. The standard InChI is InChI=1S/C12H14F3NO/c13-9-2-1-8(10(14)11(9)15)12(17)5-3-7(16)4-6-12/h1-2,7,17H,3-6,16H2. The number of rotatable bonds is 1. The van der Waals surface area contributed by atoms with Crippen LogP contribution in [0.3, 0.4) is 0 Å². The lowest BCUT2D eigenvalue weighted by atomic mass is 9.78. The third kappa shape index (κ3) is 2.17. The van der Waals surface area contributed by atoms with E-state index in [-0.39, 0.29) is 24.4 Å². The van der Waals surface area contributed by atoms with Gasteiger partial charge in [0.25, 0.3) is 0 Å². The van der Waals surface area contributed by atoms with Crippen LogP contribution in [-0.2, 0) is 5.60 Å². The third-order valence-corrected chi connectivity index (χ3v) is 3.39. The molecule has 1 aromatic rings. The van der Waals surface area contributed by atoms with Crippen molar-refractivity contribution >= 4 is 0 Å². The van der Waals surface area contributed by atoms with Gasteiger partial charge < -0.3 is 10.8 Å². The van der Waals surface area contributed by atoms with Gasteiger partial charge in [-0.25, -0.2) is 13.2 Å². The molecule has 1 aliphatic rings. The Labute approximate surface area is 97.2 Å². The molecule has 0 saturated heterocycles. The van der Waals surface area contributed by atoms with E-state index in [0.717, 1.165) is 12.1 Å². The van der Waals surface area contributed by atoms with Crippen LogP contribution in [0.4, 0.5) is 13.2 Å². The highest BCUT2D eigenvalue weighted by Gasteiger charge is 2.37. The van der Waals surface area contributed by atoms with Gasteiger partial charge in [-0.3, -0.25) is 0 Å². The first-order chi connectivity index (χ1) is 7.94. The highest BCUT2D eigenvalue weighted by atomic mass is 19.2. The van der Waals surface area contributed by atoms with Crippen LogP contribution in [0.1, 0.15) is 31.2 Å². The molecule has 0 aliphatic heterocycles. The Morgan fingerprint density at radius 2 is 1.71 bits per heavy atom. The fraction of sp³-hybridized carbons (Fsp3) is 0.500. The van der Waals surface area contributed by atoms with Crippen LogP contribution in [0.25, 0.3) is 0 Å². The van der Waals surface area contributed by atoms with E-state index in [0.29, 0.717) is 12.8 Å². The lowest BCUT2D eigenvalue weighted by Gasteiger charge is -2.35. The Hall–Kier alpha value is -1.07. The lowest BCUT2D eigenvalue weighted by Crippen LogP contribution is -2.37. The number of hydrogen-bond acceptors (Lipinski definition) is 2. The van der Waals surface area contributed by atoms with Crippen molar-refractivity contribution in [1.82, 2.24) is 0 Å². The van der Waals surface area contributed by atoms with Gasteiger partial charge >= 0.3 is 0 Å². The number of benzene rings is 1. The maximum atomic E-state index is 13.6. The zero-order chi connectivity index (χ0) is 12.6. The molecule has 0 aromatic heterocycles. The Morgan fingerprint density at radius 3 is 2.29 bits per heavy atom. The maximum Gasteiger partial charge on any atom is 0.194 e. The SMILES string of the molecule is NC1CCC(O)(c2ccc(F)c(F)c2F)CC1. The van der Waals surface area contributed by atoms with E-state index in [1.165, 1.54) is 0 Å².